The molecule has 0 saturated carbocycles. The van der Waals surface area contributed by atoms with Gasteiger partial charge in [0.25, 0.3) is 5.56 Å². The fraction of sp³-hybridized carbons (Fsp3) is 0.538. The molecule has 0 amide bonds. The Balaban J connectivity index is 2.79. The minimum absolute atomic E-state index is 0.0635. The molecule has 0 radical (unpaired) electrons. The van der Waals surface area contributed by atoms with Gasteiger partial charge in [-0.3, -0.25) is 4.79 Å². The van der Waals surface area contributed by atoms with Crippen LogP contribution in [0.25, 0.3) is 0 Å². The van der Waals surface area contributed by atoms with Crippen LogP contribution in [0.2, 0.25) is 0 Å². The third-order valence-electron chi connectivity index (χ3n) is 2.67. The van der Waals surface area contributed by atoms with E-state index in [1.54, 1.807) is 12.3 Å². The molecule has 0 aliphatic heterocycles. The molecule has 0 unspecified atom stereocenters. The highest BCUT2D eigenvalue weighted by Crippen LogP contribution is 2.08. The highest BCUT2D eigenvalue weighted by molar-refractivity contribution is 5.42. The summed E-state index contributed by atoms with van der Waals surface area (Å²) in [5.41, 5.74) is 0.819. The number of anilines is 1. The molecule has 0 aliphatic carbocycles. The van der Waals surface area contributed by atoms with Crippen LogP contribution >= 0.6 is 0 Å². The second-order valence-corrected chi connectivity index (χ2v) is 3.76. The highest BCUT2D eigenvalue weighted by atomic mass is 16.1. The highest BCUT2D eigenvalue weighted by Gasteiger charge is 2.04. The number of terminal acetylenes is 1. The minimum Gasteiger partial charge on any atom is -0.371 e. The van der Waals surface area contributed by atoms with Crippen molar-refractivity contribution < 1.29 is 0 Å². The number of aryl methyl sites for hydroxylation is 1. The molecule has 0 aliphatic rings. The fourth-order valence-corrected chi connectivity index (χ4v) is 1.68. The number of aromatic nitrogens is 2. The second-order valence-electron chi connectivity index (χ2n) is 3.76. The lowest BCUT2D eigenvalue weighted by atomic mass is 10.3. The second kappa shape index (κ2) is 6.74. The number of nitrogens with zero attached hydrogens (tertiary/aromatic N) is 3. The maximum atomic E-state index is 11.8. The molecule has 1 heterocycles. The molecule has 0 fully saturated rings. The first-order chi connectivity index (χ1) is 8.22. The zero-order valence-electron chi connectivity index (χ0n) is 10.5. The molecule has 0 aromatic carbocycles. The molecular formula is C13H19N3O. The smallest absolute Gasteiger partial charge is 0.268 e. The van der Waals surface area contributed by atoms with E-state index in [0.29, 0.717) is 13.0 Å². The summed E-state index contributed by atoms with van der Waals surface area (Å²) in [6.07, 6.45) is 8.36. The minimum atomic E-state index is -0.0635. The van der Waals surface area contributed by atoms with Gasteiger partial charge in [-0.1, -0.05) is 0 Å². The van der Waals surface area contributed by atoms with Gasteiger partial charge in [-0.25, -0.2) is 4.68 Å². The molecule has 92 valence electrons. The Labute approximate surface area is 102 Å². The molecule has 17 heavy (non-hydrogen) atoms. The van der Waals surface area contributed by atoms with Gasteiger partial charge in [0.1, 0.15) is 0 Å². The van der Waals surface area contributed by atoms with Crippen molar-refractivity contribution >= 4 is 5.69 Å². The first-order valence-electron chi connectivity index (χ1n) is 5.98. The summed E-state index contributed by atoms with van der Waals surface area (Å²) in [5.74, 6) is 2.55. The lowest BCUT2D eigenvalue weighted by molar-refractivity contribution is 0.554. The first kappa shape index (κ1) is 13.3. The van der Waals surface area contributed by atoms with E-state index in [2.05, 4.69) is 29.8 Å². The molecule has 0 bridgehead atoms. The van der Waals surface area contributed by atoms with Crippen molar-refractivity contribution in [1.29, 1.82) is 0 Å². The van der Waals surface area contributed by atoms with E-state index in [0.717, 1.165) is 25.2 Å². The Hall–Kier alpha value is -1.76. The zero-order valence-corrected chi connectivity index (χ0v) is 10.5. The summed E-state index contributed by atoms with van der Waals surface area (Å²) in [5, 5.41) is 4.16. The van der Waals surface area contributed by atoms with Crippen LogP contribution < -0.4 is 10.5 Å². The van der Waals surface area contributed by atoms with E-state index in [1.165, 1.54) is 4.68 Å². The maximum absolute atomic E-state index is 11.8. The first-order valence-corrected chi connectivity index (χ1v) is 5.98. The predicted molar refractivity (Wildman–Crippen MR) is 70.1 cm³/mol. The number of hydrogen-bond donors (Lipinski definition) is 0. The van der Waals surface area contributed by atoms with Crippen LogP contribution in [-0.2, 0) is 6.54 Å². The van der Waals surface area contributed by atoms with E-state index in [9.17, 15) is 4.79 Å². The summed E-state index contributed by atoms with van der Waals surface area (Å²) in [6, 6.07) is 1.63. The normalized spacial score (nSPS) is 9.94. The van der Waals surface area contributed by atoms with Crippen LogP contribution in [0, 0.1) is 12.3 Å². The molecule has 4 nitrogen and oxygen atoms in total. The van der Waals surface area contributed by atoms with Crippen molar-refractivity contribution in [3.8, 4) is 12.3 Å². The molecule has 0 saturated heterocycles. The van der Waals surface area contributed by atoms with Crippen molar-refractivity contribution in [2.24, 2.45) is 0 Å². The summed E-state index contributed by atoms with van der Waals surface area (Å²) in [4.78, 5) is 13.9. The van der Waals surface area contributed by atoms with E-state index in [4.69, 9.17) is 6.42 Å². The monoisotopic (exact) mass is 233 g/mol. The standard InChI is InChI=1S/C13H19N3O/c1-4-7-8-9-16-13(17)10-12(11-14-16)15(5-2)6-3/h1,10-11H,5-9H2,2-3H3. The SMILES string of the molecule is C#CCCCn1ncc(N(CC)CC)cc1=O. The van der Waals surface area contributed by atoms with Crippen molar-refractivity contribution in [2.45, 2.75) is 33.2 Å². The molecule has 1 aromatic heterocycles. The lowest BCUT2D eigenvalue weighted by Crippen LogP contribution is -2.27. The van der Waals surface area contributed by atoms with Gasteiger partial charge < -0.3 is 4.90 Å². The molecule has 4 heteroatoms. The van der Waals surface area contributed by atoms with Crippen molar-refractivity contribution in [3.63, 3.8) is 0 Å². The van der Waals surface area contributed by atoms with Gasteiger partial charge in [-0.05, 0) is 20.3 Å². The van der Waals surface area contributed by atoms with Crippen LogP contribution in [0.4, 0.5) is 5.69 Å². The Morgan fingerprint density at radius 2 is 2.18 bits per heavy atom. The average molecular weight is 233 g/mol. The maximum Gasteiger partial charge on any atom is 0.268 e. The summed E-state index contributed by atoms with van der Waals surface area (Å²) >= 11 is 0. The topological polar surface area (TPSA) is 38.1 Å². The number of unbranched alkanes of at least 4 members (excludes halogenated alkanes) is 1. The third-order valence-corrected chi connectivity index (χ3v) is 2.67. The van der Waals surface area contributed by atoms with Crippen LogP contribution in [-0.4, -0.2) is 22.9 Å². The number of rotatable bonds is 6. The molecule has 0 atom stereocenters. The largest absolute Gasteiger partial charge is 0.371 e. The Morgan fingerprint density at radius 1 is 1.47 bits per heavy atom. The summed E-state index contributed by atoms with van der Waals surface area (Å²) in [7, 11) is 0. The summed E-state index contributed by atoms with van der Waals surface area (Å²) in [6.45, 7) is 6.45. The van der Waals surface area contributed by atoms with Gasteiger partial charge >= 0.3 is 0 Å². The van der Waals surface area contributed by atoms with Gasteiger partial charge in [-0.2, -0.15) is 5.10 Å². The van der Waals surface area contributed by atoms with Crippen LogP contribution in [0.3, 0.4) is 0 Å². The molecule has 1 aromatic rings. The van der Waals surface area contributed by atoms with E-state index < -0.39 is 0 Å². The van der Waals surface area contributed by atoms with Crippen LogP contribution in [0.1, 0.15) is 26.7 Å². The molecule has 1 rings (SSSR count). The Bertz CT molecular complexity index is 441. The van der Waals surface area contributed by atoms with Gasteiger partial charge in [0.15, 0.2) is 0 Å². The van der Waals surface area contributed by atoms with Crippen molar-refractivity contribution in [2.75, 3.05) is 18.0 Å². The van der Waals surface area contributed by atoms with Gasteiger partial charge in [-0.15, -0.1) is 12.3 Å². The van der Waals surface area contributed by atoms with Crippen molar-refractivity contribution in [3.05, 3.63) is 22.6 Å². The van der Waals surface area contributed by atoms with Crippen LogP contribution in [0.15, 0.2) is 17.1 Å². The zero-order chi connectivity index (χ0) is 12.7. The van der Waals surface area contributed by atoms with Gasteiger partial charge in [0.05, 0.1) is 11.9 Å². The quantitative estimate of drug-likeness (QED) is 0.552. The number of hydrogen-bond acceptors (Lipinski definition) is 3. The lowest BCUT2D eigenvalue weighted by Gasteiger charge is -2.20. The van der Waals surface area contributed by atoms with E-state index >= 15 is 0 Å². The average Bonchev–Trinajstić information content (AvgIpc) is 2.33. The van der Waals surface area contributed by atoms with E-state index in [-0.39, 0.29) is 5.56 Å². The van der Waals surface area contributed by atoms with Gasteiger partial charge in [0.2, 0.25) is 0 Å². The van der Waals surface area contributed by atoms with Gasteiger partial charge in [0, 0.05) is 32.1 Å². The molecule has 0 N–H and O–H groups in total. The Morgan fingerprint density at radius 3 is 2.71 bits per heavy atom. The molecular weight excluding hydrogens is 214 g/mol. The summed E-state index contributed by atoms with van der Waals surface area (Å²) < 4.78 is 1.46. The fourth-order valence-electron chi connectivity index (χ4n) is 1.68. The van der Waals surface area contributed by atoms with Crippen molar-refractivity contribution in [1.82, 2.24) is 9.78 Å². The van der Waals surface area contributed by atoms with Crippen LogP contribution in [0.5, 0.6) is 0 Å². The van der Waals surface area contributed by atoms with E-state index in [1.807, 2.05) is 0 Å². The molecule has 0 spiro atoms. The Kier molecular flexibility index (Phi) is 5.28. The predicted octanol–water partition coefficient (Wildman–Crippen LogP) is 1.50. The third kappa shape index (κ3) is 3.63.